The van der Waals surface area contributed by atoms with Crippen LogP contribution in [0.3, 0.4) is 0 Å². The van der Waals surface area contributed by atoms with Crippen LogP contribution in [0.5, 0.6) is 0 Å². The molecule has 1 aliphatic rings. The second-order valence-corrected chi connectivity index (χ2v) is 6.07. The van der Waals surface area contributed by atoms with Gasteiger partial charge in [0.05, 0.1) is 17.8 Å². The van der Waals surface area contributed by atoms with Gasteiger partial charge in [0.15, 0.2) is 0 Å². The smallest absolute Gasteiger partial charge is 0.121 e. The lowest BCUT2D eigenvalue weighted by Gasteiger charge is -2.21. The molecule has 0 aliphatic heterocycles. The molecule has 0 amide bonds. The van der Waals surface area contributed by atoms with Crippen molar-refractivity contribution in [1.82, 2.24) is 15.1 Å². The van der Waals surface area contributed by atoms with Crippen LogP contribution >= 0.6 is 0 Å². The Labute approximate surface area is 126 Å². The number of furan rings is 1. The van der Waals surface area contributed by atoms with Crippen LogP contribution in [0.15, 0.2) is 28.8 Å². The van der Waals surface area contributed by atoms with Crippen molar-refractivity contribution in [2.24, 2.45) is 0 Å². The molecule has 1 aliphatic carbocycles. The highest BCUT2D eigenvalue weighted by Gasteiger charge is 2.18. The average molecular weight is 287 g/mol. The summed E-state index contributed by atoms with van der Waals surface area (Å²) in [6.45, 7) is 1.98. The SMILES string of the molecule is CNC(Cc1ccn(C2CCCCC2)n1)c1ccc(C)o1. The molecule has 1 N–H and O–H groups in total. The van der Waals surface area contributed by atoms with E-state index in [2.05, 4.69) is 28.3 Å². The third kappa shape index (κ3) is 3.38. The van der Waals surface area contributed by atoms with Gasteiger partial charge in [0, 0.05) is 12.6 Å². The van der Waals surface area contributed by atoms with Gasteiger partial charge < -0.3 is 9.73 Å². The minimum atomic E-state index is 0.188. The van der Waals surface area contributed by atoms with Gasteiger partial charge in [-0.2, -0.15) is 5.10 Å². The van der Waals surface area contributed by atoms with Crippen molar-refractivity contribution in [3.05, 3.63) is 41.6 Å². The van der Waals surface area contributed by atoms with E-state index in [-0.39, 0.29) is 6.04 Å². The van der Waals surface area contributed by atoms with Gasteiger partial charge in [0.1, 0.15) is 11.5 Å². The Morgan fingerprint density at radius 2 is 2.10 bits per heavy atom. The maximum atomic E-state index is 5.73. The highest BCUT2D eigenvalue weighted by Crippen LogP contribution is 2.28. The molecule has 2 heterocycles. The molecule has 2 aromatic heterocycles. The van der Waals surface area contributed by atoms with Crippen LogP contribution in [0.25, 0.3) is 0 Å². The molecule has 1 fully saturated rings. The quantitative estimate of drug-likeness (QED) is 0.909. The van der Waals surface area contributed by atoms with Crippen LogP contribution in [-0.4, -0.2) is 16.8 Å². The van der Waals surface area contributed by atoms with E-state index in [4.69, 9.17) is 9.52 Å². The van der Waals surface area contributed by atoms with E-state index in [0.29, 0.717) is 6.04 Å². The molecular formula is C17H25N3O. The van der Waals surface area contributed by atoms with E-state index in [1.165, 1.54) is 32.1 Å². The number of aromatic nitrogens is 2. The first kappa shape index (κ1) is 14.4. The lowest BCUT2D eigenvalue weighted by Crippen LogP contribution is -2.19. The van der Waals surface area contributed by atoms with E-state index in [9.17, 15) is 0 Å². The van der Waals surface area contributed by atoms with Crippen molar-refractivity contribution in [3.63, 3.8) is 0 Å². The van der Waals surface area contributed by atoms with Gasteiger partial charge in [-0.25, -0.2) is 0 Å². The fourth-order valence-electron chi connectivity index (χ4n) is 3.23. The number of rotatable bonds is 5. The molecule has 0 saturated heterocycles. The number of aryl methyl sites for hydroxylation is 1. The molecular weight excluding hydrogens is 262 g/mol. The Kier molecular flexibility index (Phi) is 4.44. The molecule has 1 saturated carbocycles. The maximum Gasteiger partial charge on any atom is 0.121 e. The summed E-state index contributed by atoms with van der Waals surface area (Å²) in [4.78, 5) is 0. The van der Waals surface area contributed by atoms with Crippen molar-refractivity contribution in [2.75, 3.05) is 7.05 Å². The predicted octanol–water partition coefficient (Wildman–Crippen LogP) is 3.79. The third-order valence-corrected chi connectivity index (χ3v) is 4.48. The first-order chi connectivity index (χ1) is 10.3. The fraction of sp³-hybridized carbons (Fsp3) is 0.588. The van der Waals surface area contributed by atoms with Crippen molar-refractivity contribution >= 4 is 0 Å². The zero-order chi connectivity index (χ0) is 14.7. The molecule has 1 unspecified atom stereocenters. The van der Waals surface area contributed by atoms with Gasteiger partial charge in [0.25, 0.3) is 0 Å². The second kappa shape index (κ2) is 6.48. The molecule has 2 aromatic rings. The summed E-state index contributed by atoms with van der Waals surface area (Å²) in [5.74, 6) is 1.94. The highest BCUT2D eigenvalue weighted by molar-refractivity contribution is 5.13. The molecule has 3 rings (SSSR count). The van der Waals surface area contributed by atoms with E-state index >= 15 is 0 Å². The zero-order valence-corrected chi connectivity index (χ0v) is 13.0. The van der Waals surface area contributed by atoms with Crippen LogP contribution in [0.1, 0.15) is 61.4 Å². The summed E-state index contributed by atoms with van der Waals surface area (Å²) >= 11 is 0. The monoisotopic (exact) mass is 287 g/mol. The standard InChI is InChI=1S/C17H25N3O/c1-13-8-9-17(21-13)16(18-2)12-14-10-11-20(19-14)15-6-4-3-5-7-15/h8-11,15-16,18H,3-7,12H2,1-2H3. The number of hydrogen-bond donors (Lipinski definition) is 1. The molecule has 0 spiro atoms. The van der Waals surface area contributed by atoms with Crippen LogP contribution in [0.4, 0.5) is 0 Å². The van der Waals surface area contributed by atoms with E-state index in [1.54, 1.807) is 0 Å². The molecule has 21 heavy (non-hydrogen) atoms. The minimum Gasteiger partial charge on any atom is -0.465 e. The van der Waals surface area contributed by atoms with Gasteiger partial charge in [0.2, 0.25) is 0 Å². The number of nitrogens with one attached hydrogen (secondary N) is 1. The van der Waals surface area contributed by atoms with Gasteiger partial charge in [-0.05, 0) is 45.0 Å². The Morgan fingerprint density at radius 3 is 2.76 bits per heavy atom. The molecule has 4 heteroatoms. The maximum absolute atomic E-state index is 5.73. The van der Waals surface area contributed by atoms with E-state index in [0.717, 1.165) is 23.6 Å². The van der Waals surface area contributed by atoms with Crippen LogP contribution in [0, 0.1) is 6.92 Å². The highest BCUT2D eigenvalue weighted by atomic mass is 16.3. The largest absolute Gasteiger partial charge is 0.465 e. The van der Waals surface area contributed by atoms with Crippen LogP contribution in [-0.2, 0) is 6.42 Å². The topological polar surface area (TPSA) is 43.0 Å². The molecule has 114 valence electrons. The first-order valence-corrected chi connectivity index (χ1v) is 8.04. The predicted molar refractivity (Wildman–Crippen MR) is 83.3 cm³/mol. The van der Waals surface area contributed by atoms with E-state index in [1.807, 2.05) is 20.0 Å². The number of likely N-dealkylation sites (N-methyl/N-ethyl adjacent to an activating group) is 1. The molecule has 0 radical (unpaired) electrons. The normalized spacial score (nSPS) is 18.0. The lowest BCUT2D eigenvalue weighted by molar-refractivity contribution is 0.327. The Morgan fingerprint density at radius 1 is 1.29 bits per heavy atom. The minimum absolute atomic E-state index is 0.188. The molecule has 0 aromatic carbocycles. The summed E-state index contributed by atoms with van der Waals surface area (Å²) in [5.41, 5.74) is 1.13. The first-order valence-electron chi connectivity index (χ1n) is 8.04. The van der Waals surface area contributed by atoms with Gasteiger partial charge in [-0.1, -0.05) is 19.3 Å². The lowest BCUT2D eigenvalue weighted by atomic mass is 9.96. The van der Waals surface area contributed by atoms with Crippen molar-refractivity contribution in [2.45, 2.75) is 57.5 Å². The van der Waals surface area contributed by atoms with Gasteiger partial charge in [-0.3, -0.25) is 4.68 Å². The molecule has 4 nitrogen and oxygen atoms in total. The Bertz CT molecular complexity index is 566. The number of hydrogen-bond acceptors (Lipinski definition) is 3. The Hall–Kier alpha value is -1.55. The van der Waals surface area contributed by atoms with Gasteiger partial charge in [-0.15, -0.1) is 0 Å². The van der Waals surface area contributed by atoms with Crippen molar-refractivity contribution in [1.29, 1.82) is 0 Å². The molecule has 1 atom stereocenters. The van der Waals surface area contributed by atoms with Crippen LogP contribution in [0.2, 0.25) is 0 Å². The fourth-order valence-corrected chi connectivity index (χ4v) is 3.23. The van der Waals surface area contributed by atoms with E-state index < -0.39 is 0 Å². The Balaban J connectivity index is 1.68. The summed E-state index contributed by atoms with van der Waals surface area (Å²) in [7, 11) is 1.97. The average Bonchev–Trinajstić information content (AvgIpc) is 3.15. The number of nitrogens with zero attached hydrogens (tertiary/aromatic N) is 2. The van der Waals surface area contributed by atoms with Gasteiger partial charge >= 0.3 is 0 Å². The molecule has 0 bridgehead atoms. The second-order valence-electron chi connectivity index (χ2n) is 6.07. The summed E-state index contributed by atoms with van der Waals surface area (Å²) < 4.78 is 7.91. The van der Waals surface area contributed by atoms with Crippen LogP contribution < -0.4 is 5.32 Å². The third-order valence-electron chi connectivity index (χ3n) is 4.48. The van der Waals surface area contributed by atoms with Crippen molar-refractivity contribution < 1.29 is 4.42 Å². The summed E-state index contributed by atoms with van der Waals surface area (Å²) in [6, 6.07) is 7.00. The summed E-state index contributed by atoms with van der Waals surface area (Å²) in [6.07, 6.45) is 9.61. The zero-order valence-electron chi connectivity index (χ0n) is 13.0. The summed E-state index contributed by atoms with van der Waals surface area (Å²) in [5, 5.41) is 8.11. The van der Waals surface area contributed by atoms with Crippen molar-refractivity contribution in [3.8, 4) is 0 Å².